The zero-order valence-corrected chi connectivity index (χ0v) is 12.6. The standard InChI is InChI=1S/C12H15BrN2O3S/c13-10-3-1-2-4-11(10)19(17,18)15-8-7-14-12(16)9-5-6-9/h1-4,9,15H,5-8H2,(H,14,16). The Balaban J connectivity index is 1.84. The van der Waals surface area contributed by atoms with Crippen LogP contribution in [0.4, 0.5) is 0 Å². The molecule has 0 atom stereocenters. The van der Waals surface area contributed by atoms with Crippen molar-refractivity contribution in [1.82, 2.24) is 10.0 Å². The quantitative estimate of drug-likeness (QED) is 0.761. The van der Waals surface area contributed by atoms with Gasteiger partial charge in [-0.3, -0.25) is 4.79 Å². The molecule has 1 aliphatic carbocycles. The molecule has 1 amide bonds. The average molecular weight is 347 g/mol. The number of halogens is 1. The van der Waals surface area contributed by atoms with Crippen LogP contribution in [-0.2, 0) is 14.8 Å². The van der Waals surface area contributed by atoms with Crippen molar-refractivity contribution in [3.63, 3.8) is 0 Å². The van der Waals surface area contributed by atoms with Crippen LogP contribution in [0.2, 0.25) is 0 Å². The van der Waals surface area contributed by atoms with E-state index < -0.39 is 10.0 Å². The lowest BCUT2D eigenvalue weighted by Gasteiger charge is -2.09. The van der Waals surface area contributed by atoms with Crippen LogP contribution in [0.1, 0.15) is 12.8 Å². The third-order valence-corrected chi connectivity index (χ3v) is 5.26. The van der Waals surface area contributed by atoms with Crippen molar-refractivity contribution in [2.75, 3.05) is 13.1 Å². The number of nitrogens with one attached hydrogen (secondary N) is 2. The Labute approximate surface area is 121 Å². The predicted molar refractivity (Wildman–Crippen MR) is 75.1 cm³/mol. The monoisotopic (exact) mass is 346 g/mol. The number of sulfonamides is 1. The molecule has 19 heavy (non-hydrogen) atoms. The van der Waals surface area contributed by atoms with Crippen LogP contribution in [0.25, 0.3) is 0 Å². The molecule has 1 fully saturated rings. The molecule has 5 nitrogen and oxygen atoms in total. The Kier molecular flexibility index (Phi) is 4.59. The first-order valence-electron chi connectivity index (χ1n) is 6.02. The molecule has 1 aliphatic rings. The van der Waals surface area contributed by atoms with Crippen LogP contribution in [0.3, 0.4) is 0 Å². The van der Waals surface area contributed by atoms with Gasteiger partial charge in [0.05, 0.1) is 4.90 Å². The number of rotatable bonds is 6. The molecule has 1 aromatic carbocycles. The van der Waals surface area contributed by atoms with Crippen molar-refractivity contribution in [3.05, 3.63) is 28.7 Å². The maximum absolute atomic E-state index is 12.0. The molecule has 0 aromatic heterocycles. The molecule has 1 aromatic rings. The van der Waals surface area contributed by atoms with E-state index in [4.69, 9.17) is 0 Å². The smallest absolute Gasteiger partial charge is 0.241 e. The van der Waals surface area contributed by atoms with E-state index in [1.165, 1.54) is 6.07 Å². The van der Waals surface area contributed by atoms with E-state index in [-0.39, 0.29) is 23.3 Å². The van der Waals surface area contributed by atoms with Crippen LogP contribution in [0, 0.1) is 5.92 Å². The van der Waals surface area contributed by atoms with Crippen molar-refractivity contribution in [2.24, 2.45) is 5.92 Å². The summed E-state index contributed by atoms with van der Waals surface area (Å²) in [6, 6.07) is 6.60. The van der Waals surface area contributed by atoms with Crippen molar-refractivity contribution in [1.29, 1.82) is 0 Å². The van der Waals surface area contributed by atoms with Crippen LogP contribution in [0.15, 0.2) is 33.6 Å². The second kappa shape index (κ2) is 6.02. The molecule has 104 valence electrons. The average Bonchev–Trinajstić information content (AvgIpc) is 3.19. The maximum Gasteiger partial charge on any atom is 0.241 e. The zero-order valence-electron chi connectivity index (χ0n) is 10.2. The highest BCUT2D eigenvalue weighted by Gasteiger charge is 2.29. The number of carbonyl (C=O) groups is 1. The molecule has 0 saturated heterocycles. The maximum atomic E-state index is 12.0. The third kappa shape index (κ3) is 4.02. The molecule has 7 heteroatoms. The lowest BCUT2D eigenvalue weighted by Crippen LogP contribution is -2.35. The van der Waals surface area contributed by atoms with Gasteiger partial charge in [0, 0.05) is 23.5 Å². The molecular formula is C12H15BrN2O3S. The topological polar surface area (TPSA) is 75.3 Å². The minimum absolute atomic E-state index is 0.0140. The van der Waals surface area contributed by atoms with E-state index >= 15 is 0 Å². The fraction of sp³-hybridized carbons (Fsp3) is 0.417. The number of amides is 1. The first-order chi connectivity index (χ1) is 9.00. The van der Waals surface area contributed by atoms with Gasteiger partial charge in [0.25, 0.3) is 0 Å². The van der Waals surface area contributed by atoms with E-state index in [1.54, 1.807) is 18.2 Å². The normalized spacial score (nSPS) is 15.2. The van der Waals surface area contributed by atoms with Gasteiger partial charge in [-0.15, -0.1) is 0 Å². The first kappa shape index (κ1) is 14.5. The summed E-state index contributed by atoms with van der Waals surface area (Å²) in [5, 5.41) is 2.71. The summed E-state index contributed by atoms with van der Waals surface area (Å²) in [5.41, 5.74) is 0. The SMILES string of the molecule is O=C(NCCNS(=O)(=O)c1ccccc1Br)C1CC1. The van der Waals surface area contributed by atoms with Gasteiger partial charge >= 0.3 is 0 Å². The summed E-state index contributed by atoms with van der Waals surface area (Å²) in [6.45, 7) is 0.487. The van der Waals surface area contributed by atoms with Crippen LogP contribution < -0.4 is 10.0 Å². The summed E-state index contributed by atoms with van der Waals surface area (Å²) >= 11 is 3.20. The lowest BCUT2D eigenvalue weighted by molar-refractivity contribution is -0.122. The predicted octanol–water partition coefficient (Wildman–Crippen LogP) is 1.25. The summed E-state index contributed by atoms with van der Waals surface area (Å²) in [5.74, 6) is 0.153. The Hall–Kier alpha value is -0.920. The van der Waals surface area contributed by atoms with E-state index in [1.807, 2.05) is 0 Å². The molecule has 1 saturated carbocycles. The van der Waals surface area contributed by atoms with E-state index in [2.05, 4.69) is 26.0 Å². The van der Waals surface area contributed by atoms with Gasteiger partial charge in [-0.1, -0.05) is 12.1 Å². The summed E-state index contributed by atoms with van der Waals surface area (Å²) in [4.78, 5) is 11.6. The third-order valence-electron chi connectivity index (χ3n) is 2.79. The minimum atomic E-state index is -3.54. The zero-order chi connectivity index (χ0) is 13.9. The highest BCUT2D eigenvalue weighted by atomic mass is 79.9. The van der Waals surface area contributed by atoms with Gasteiger partial charge in [0.15, 0.2) is 0 Å². The second-order valence-corrected chi connectivity index (χ2v) is 6.98. The van der Waals surface area contributed by atoms with Gasteiger partial charge < -0.3 is 5.32 Å². The fourth-order valence-corrected chi connectivity index (χ4v) is 3.63. The van der Waals surface area contributed by atoms with Crippen LogP contribution in [-0.4, -0.2) is 27.4 Å². The molecule has 0 aliphatic heterocycles. The number of carbonyl (C=O) groups excluding carboxylic acids is 1. The largest absolute Gasteiger partial charge is 0.355 e. The van der Waals surface area contributed by atoms with Crippen LogP contribution in [0.5, 0.6) is 0 Å². The number of hydrogen-bond donors (Lipinski definition) is 2. The Morgan fingerprint density at radius 3 is 2.58 bits per heavy atom. The fourth-order valence-electron chi connectivity index (χ4n) is 1.60. The van der Waals surface area contributed by atoms with Gasteiger partial charge in [-0.2, -0.15) is 0 Å². The van der Waals surface area contributed by atoms with E-state index in [0.717, 1.165) is 12.8 Å². The summed E-state index contributed by atoms with van der Waals surface area (Å²) in [6.07, 6.45) is 1.88. The highest BCUT2D eigenvalue weighted by Crippen LogP contribution is 2.28. The molecule has 0 spiro atoms. The molecular weight excluding hydrogens is 332 g/mol. The molecule has 0 heterocycles. The molecule has 2 N–H and O–H groups in total. The molecule has 2 rings (SSSR count). The number of benzene rings is 1. The molecule has 0 unspecified atom stereocenters. The van der Waals surface area contributed by atoms with Gasteiger partial charge in [0.2, 0.25) is 15.9 Å². The van der Waals surface area contributed by atoms with E-state index in [9.17, 15) is 13.2 Å². The van der Waals surface area contributed by atoms with Crippen molar-refractivity contribution < 1.29 is 13.2 Å². The van der Waals surface area contributed by atoms with Gasteiger partial charge in [-0.25, -0.2) is 13.1 Å². The molecule has 0 bridgehead atoms. The number of hydrogen-bond acceptors (Lipinski definition) is 3. The lowest BCUT2D eigenvalue weighted by atomic mass is 10.4. The first-order valence-corrected chi connectivity index (χ1v) is 8.30. The highest BCUT2D eigenvalue weighted by molar-refractivity contribution is 9.10. The van der Waals surface area contributed by atoms with Crippen molar-refractivity contribution >= 4 is 31.9 Å². The Morgan fingerprint density at radius 2 is 1.95 bits per heavy atom. The van der Waals surface area contributed by atoms with Crippen molar-refractivity contribution in [3.8, 4) is 0 Å². The Morgan fingerprint density at radius 1 is 1.26 bits per heavy atom. The Bertz CT molecular complexity index is 570. The van der Waals surface area contributed by atoms with Gasteiger partial charge in [0.1, 0.15) is 0 Å². The summed E-state index contributed by atoms with van der Waals surface area (Å²) in [7, 11) is -3.54. The van der Waals surface area contributed by atoms with E-state index in [0.29, 0.717) is 11.0 Å². The minimum Gasteiger partial charge on any atom is -0.355 e. The molecule has 0 radical (unpaired) electrons. The van der Waals surface area contributed by atoms with Crippen molar-refractivity contribution in [2.45, 2.75) is 17.7 Å². The second-order valence-electron chi connectivity index (χ2n) is 4.39. The summed E-state index contributed by atoms with van der Waals surface area (Å²) < 4.78 is 27.0. The van der Waals surface area contributed by atoms with Gasteiger partial charge in [-0.05, 0) is 40.9 Å². The van der Waals surface area contributed by atoms with Crippen LogP contribution >= 0.6 is 15.9 Å².